The normalized spacial score (nSPS) is 30.9. The van der Waals surface area contributed by atoms with Crippen LogP contribution in [0.2, 0.25) is 0 Å². The average molecular weight is 235 g/mol. The van der Waals surface area contributed by atoms with Gasteiger partial charge in [0, 0.05) is 0 Å². The van der Waals surface area contributed by atoms with Crippen LogP contribution in [0.4, 0.5) is 0 Å². The summed E-state index contributed by atoms with van der Waals surface area (Å²) < 4.78 is 38.1. The van der Waals surface area contributed by atoms with Gasteiger partial charge < -0.3 is 9.29 Å². The molecule has 2 heterocycles. The molecule has 2 rings (SSSR count). The van der Waals surface area contributed by atoms with Crippen molar-refractivity contribution in [3.8, 4) is 0 Å². The zero-order valence-electron chi connectivity index (χ0n) is 8.72. The first-order chi connectivity index (χ1) is 6.99. The first kappa shape index (κ1) is 11.3. The van der Waals surface area contributed by atoms with Gasteiger partial charge in [0.1, 0.15) is 12.6 Å². The highest BCUT2D eigenvalue weighted by Crippen LogP contribution is 2.25. The summed E-state index contributed by atoms with van der Waals surface area (Å²) in [7, 11) is -4.15. The van der Waals surface area contributed by atoms with Crippen molar-refractivity contribution in [3.05, 3.63) is 0 Å². The summed E-state index contributed by atoms with van der Waals surface area (Å²) in [5.74, 6) is -0.368. The van der Waals surface area contributed by atoms with Crippen LogP contribution in [0, 0.1) is 0 Å². The number of piperidine rings is 1. The Bertz CT molecular complexity index is 321. The van der Waals surface area contributed by atoms with E-state index in [1.807, 2.05) is 0 Å². The summed E-state index contributed by atoms with van der Waals surface area (Å²) in [5.41, 5.74) is 0. The van der Waals surface area contributed by atoms with Gasteiger partial charge >= 0.3 is 0 Å². The third kappa shape index (κ3) is 2.90. The number of quaternary nitrogens is 1. The molecule has 2 saturated heterocycles. The molecule has 2 fully saturated rings. The lowest BCUT2D eigenvalue weighted by molar-refractivity contribution is -0.929. The van der Waals surface area contributed by atoms with E-state index in [1.165, 1.54) is 19.3 Å². The van der Waals surface area contributed by atoms with Crippen molar-refractivity contribution >= 4 is 10.1 Å². The number of hydrogen-bond donors (Lipinski definition) is 0. The number of rotatable bonds is 2. The van der Waals surface area contributed by atoms with Crippen molar-refractivity contribution in [2.45, 2.75) is 25.4 Å². The second kappa shape index (κ2) is 4.01. The van der Waals surface area contributed by atoms with Gasteiger partial charge in [-0.3, -0.25) is 4.48 Å². The standard InChI is InChI=1S/C9H17NO4S/c11-15(12,13)7-9-6-10(8-14-9)4-2-1-3-5-10/h9H,1-8H2. The van der Waals surface area contributed by atoms with Crippen LogP contribution < -0.4 is 0 Å². The van der Waals surface area contributed by atoms with E-state index in [2.05, 4.69) is 0 Å². The maximum atomic E-state index is 10.6. The third-order valence-electron chi connectivity index (χ3n) is 3.33. The molecule has 6 heteroatoms. The molecule has 0 aromatic rings. The van der Waals surface area contributed by atoms with Gasteiger partial charge in [0.15, 0.2) is 6.73 Å². The average Bonchev–Trinajstić information content (AvgIpc) is 2.47. The van der Waals surface area contributed by atoms with Crippen molar-refractivity contribution in [2.75, 3.05) is 32.1 Å². The van der Waals surface area contributed by atoms with Crippen molar-refractivity contribution < 1.29 is 22.2 Å². The lowest BCUT2D eigenvalue weighted by Gasteiger charge is -2.36. The summed E-state index contributed by atoms with van der Waals surface area (Å²) >= 11 is 0. The molecular formula is C9H17NO4S. The van der Waals surface area contributed by atoms with Gasteiger partial charge in [-0.15, -0.1) is 0 Å². The fraction of sp³-hybridized carbons (Fsp3) is 1.00. The van der Waals surface area contributed by atoms with Crippen LogP contribution >= 0.6 is 0 Å². The minimum absolute atomic E-state index is 0.368. The molecule has 15 heavy (non-hydrogen) atoms. The molecule has 0 N–H and O–H groups in total. The zero-order valence-corrected chi connectivity index (χ0v) is 9.54. The van der Waals surface area contributed by atoms with Crippen LogP contribution in [0.5, 0.6) is 0 Å². The summed E-state index contributed by atoms with van der Waals surface area (Å²) in [6.07, 6.45) is 3.23. The monoisotopic (exact) mass is 235 g/mol. The smallest absolute Gasteiger partial charge is 0.183 e. The molecule has 0 radical (unpaired) electrons. The molecule has 5 nitrogen and oxygen atoms in total. The lowest BCUT2D eigenvalue weighted by atomic mass is 10.1. The van der Waals surface area contributed by atoms with E-state index < -0.39 is 10.1 Å². The second-order valence-electron chi connectivity index (χ2n) is 4.67. The molecule has 1 unspecified atom stereocenters. The van der Waals surface area contributed by atoms with Crippen molar-refractivity contribution in [2.24, 2.45) is 0 Å². The van der Waals surface area contributed by atoms with E-state index in [9.17, 15) is 13.0 Å². The highest BCUT2D eigenvalue weighted by Gasteiger charge is 2.40. The fourth-order valence-corrected chi connectivity index (χ4v) is 3.28. The van der Waals surface area contributed by atoms with Crippen LogP contribution in [0.15, 0.2) is 0 Å². The molecule has 1 atom stereocenters. The zero-order chi connectivity index (χ0) is 10.9. The summed E-state index contributed by atoms with van der Waals surface area (Å²) in [6.45, 7) is 3.41. The van der Waals surface area contributed by atoms with Crippen molar-refractivity contribution in [3.63, 3.8) is 0 Å². The highest BCUT2D eigenvalue weighted by molar-refractivity contribution is 7.85. The molecular weight excluding hydrogens is 218 g/mol. The predicted octanol–water partition coefficient (Wildman–Crippen LogP) is -0.111. The number of hydrogen-bond acceptors (Lipinski definition) is 4. The molecule has 0 bridgehead atoms. The SMILES string of the molecule is O=S(=O)([O-])CC1C[N+]2(CCCCC2)CO1. The molecule has 0 aromatic heterocycles. The van der Waals surface area contributed by atoms with Crippen LogP contribution in [-0.4, -0.2) is 55.7 Å². The molecule has 0 aliphatic carbocycles. The first-order valence-electron chi connectivity index (χ1n) is 5.39. The van der Waals surface area contributed by atoms with E-state index in [4.69, 9.17) is 4.74 Å². The van der Waals surface area contributed by atoms with Crippen LogP contribution in [-0.2, 0) is 14.9 Å². The predicted molar refractivity (Wildman–Crippen MR) is 53.0 cm³/mol. The van der Waals surface area contributed by atoms with Gasteiger partial charge in [-0.25, -0.2) is 8.42 Å². The molecule has 0 amide bonds. The van der Waals surface area contributed by atoms with E-state index >= 15 is 0 Å². The number of ether oxygens (including phenoxy) is 1. The molecule has 2 aliphatic heterocycles. The van der Waals surface area contributed by atoms with Crippen LogP contribution in [0.25, 0.3) is 0 Å². The summed E-state index contributed by atoms with van der Waals surface area (Å²) in [5, 5.41) is 0. The molecule has 88 valence electrons. The third-order valence-corrected chi connectivity index (χ3v) is 4.11. The van der Waals surface area contributed by atoms with Gasteiger partial charge in [-0.05, 0) is 19.3 Å². The Morgan fingerprint density at radius 2 is 1.93 bits per heavy atom. The molecule has 2 aliphatic rings. The largest absolute Gasteiger partial charge is 0.748 e. The Balaban J connectivity index is 1.93. The summed E-state index contributed by atoms with van der Waals surface area (Å²) in [4.78, 5) is 0. The van der Waals surface area contributed by atoms with Gasteiger partial charge in [0.25, 0.3) is 0 Å². The Kier molecular flexibility index (Phi) is 3.03. The first-order valence-corrected chi connectivity index (χ1v) is 6.97. The van der Waals surface area contributed by atoms with E-state index in [0.29, 0.717) is 13.3 Å². The minimum atomic E-state index is -4.15. The van der Waals surface area contributed by atoms with Crippen molar-refractivity contribution in [1.82, 2.24) is 0 Å². The lowest BCUT2D eigenvalue weighted by Crippen LogP contribution is -2.50. The van der Waals surface area contributed by atoms with Gasteiger partial charge in [-0.1, -0.05) is 0 Å². The minimum Gasteiger partial charge on any atom is -0.748 e. The van der Waals surface area contributed by atoms with E-state index in [-0.39, 0.29) is 11.9 Å². The summed E-state index contributed by atoms with van der Waals surface area (Å²) in [6, 6.07) is 0. The molecule has 0 saturated carbocycles. The van der Waals surface area contributed by atoms with E-state index in [1.54, 1.807) is 0 Å². The quantitative estimate of drug-likeness (QED) is 0.495. The maximum Gasteiger partial charge on any atom is 0.183 e. The van der Waals surface area contributed by atoms with Crippen LogP contribution in [0.1, 0.15) is 19.3 Å². The van der Waals surface area contributed by atoms with Gasteiger partial charge in [-0.2, -0.15) is 0 Å². The fourth-order valence-electron chi connectivity index (χ4n) is 2.62. The second-order valence-corrected chi connectivity index (χ2v) is 6.12. The highest BCUT2D eigenvalue weighted by atomic mass is 32.2. The Hall–Kier alpha value is -0.170. The van der Waals surface area contributed by atoms with E-state index in [0.717, 1.165) is 17.6 Å². The van der Waals surface area contributed by atoms with Crippen molar-refractivity contribution in [1.29, 1.82) is 0 Å². The molecule has 1 spiro atoms. The van der Waals surface area contributed by atoms with Gasteiger partial charge in [0.05, 0.1) is 29.0 Å². The Morgan fingerprint density at radius 1 is 1.27 bits per heavy atom. The number of nitrogens with zero attached hydrogens (tertiary/aromatic N) is 1. The van der Waals surface area contributed by atoms with Gasteiger partial charge in [0.2, 0.25) is 0 Å². The maximum absolute atomic E-state index is 10.6. The Morgan fingerprint density at radius 3 is 2.53 bits per heavy atom. The van der Waals surface area contributed by atoms with Crippen LogP contribution in [0.3, 0.4) is 0 Å². The molecule has 0 aromatic carbocycles. The Labute approximate surface area is 90.4 Å². The topological polar surface area (TPSA) is 66.4 Å².